The summed E-state index contributed by atoms with van der Waals surface area (Å²) in [6, 6.07) is 3.43. The van der Waals surface area contributed by atoms with Crippen LogP contribution in [-0.4, -0.2) is 4.98 Å². The van der Waals surface area contributed by atoms with Crippen LogP contribution in [0.5, 0.6) is 0 Å². The van der Waals surface area contributed by atoms with Crippen molar-refractivity contribution in [2.24, 2.45) is 0 Å². The number of benzene rings is 1. The van der Waals surface area contributed by atoms with Gasteiger partial charge in [-0.05, 0) is 28.1 Å². The SMILES string of the molecule is O=c1[nH]c2cc(F)c(F)cc2cc1Br. The smallest absolute Gasteiger partial charge is 0.262 e. The first kappa shape index (κ1) is 9.33. The van der Waals surface area contributed by atoms with Gasteiger partial charge in [0.25, 0.3) is 5.56 Å². The third-order valence-corrected chi connectivity index (χ3v) is 2.43. The molecule has 0 saturated carbocycles. The molecule has 1 N–H and O–H groups in total. The zero-order valence-corrected chi connectivity index (χ0v) is 8.36. The average Bonchev–Trinajstić information content (AvgIpc) is 2.11. The summed E-state index contributed by atoms with van der Waals surface area (Å²) in [4.78, 5) is 13.5. The number of fused-ring (bicyclic) bond motifs is 1. The van der Waals surface area contributed by atoms with Crippen LogP contribution in [0.25, 0.3) is 10.9 Å². The third-order valence-electron chi connectivity index (χ3n) is 1.84. The molecule has 2 aromatic rings. The van der Waals surface area contributed by atoms with Gasteiger partial charge in [-0.3, -0.25) is 4.79 Å². The molecular formula is C9H4BrF2NO. The van der Waals surface area contributed by atoms with Gasteiger partial charge in [-0.25, -0.2) is 8.78 Å². The normalized spacial score (nSPS) is 10.8. The predicted molar refractivity (Wildman–Crippen MR) is 52.2 cm³/mol. The van der Waals surface area contributed by atoms with E-state index in [9.17, 15) is 13.6 Å². The van der Waals surface area contributed by atoms with E-state index in [0.29, 0.717) is 5.39 Å². The molecule has 0 aliphatic carbocycles. The van der Waals surface area contributed by atoms with Crippen molar-refractivity contribution in [3.63, 3.8) is 0 Å². The summed E-state index contributed by atoms with van der Waals surface area (Å²) in [5.41, 5.74) is -0.0967. The zero-order chi connectivity index (χ0) is 10.3. The summed E-state index contributed by atoms with van der Waals surface area (Å²) in [7, 11) is 0. The van der Waals surface area contributed by atoms with Crippen molar-refractivity contribution in [3.8, 4) is 0 Å². The molecule has 0 atom stereocenters. The molecule has 0 amide bonds. The average molecular weight is 260 g/mol. The Balaban J connectivity index is 2.90. The first-order valence-corrected chi connectivity index (χ1v) is 4.55. The third kappa shape index (κ3) is 1.43. The van der Waals surface area contributed by atoms with Gasteiger partial charge in [0.05, 0.1) is 9.99 Å². The molecule has 0 aliphatic heterocycles. The van der Waals surface area contributed by atoms with E-state index in [1.165, 1.54) is 6.07 Å². The Kier molecular flexibility index (Phi) is 2.11. The highest BCUT2D eigenvalue weighted by molar-refractivity contribution is 9.10. The van der Waals surface area contributed by atoms with Crippen LogP contribution in [0.3, 0.4) is 0 Å². The highest BCUT2D eigenvalue weighted by Gasteiger charge is 2.05. The molecule has 0 fully saturated rings. The lowest BCUT2D eigenvalue weighted by Crippen LogP contribution is -2.06. The fourth-order valence-corrected chi connectivity index (χ4v) is 1.52. The Labute approximate surface area is 85.7 Å². The van der Waals surface area contributed by atoms with E-state index >= 15 is 0 Å². The summed E-state index contributed by atoms with van der Waals surface area (Å²) < 4.78 is 25.9. The lowest BCUT2D eigenvalue weighted by Gasteiger charge is -1.99. The molecule has 0 spiro atoms. The predicted octanol–water partition coefficient (Wildman–Crippen LogP) is 2.57. The zero-order valence-electron chi connectivity index (χ0n) is 6.77. The fraction of sp³-hybridized carbons (Fsp3) is 0. The highest BCUT2D eigenvalue weighted by atomic mass is 79.9. The Bertz CT molecular complexity index is 564. The van der Waals surface area contributed by atoms with Crippen LogP contribution in [-0.2, 0) is 0 Å². The number of H-pyrrole nitrogens is 1. The largest absolute Gasteiger partial charge is 0.321 e. The van der Waals surface area contributed by atoms with Crippen molar-refractivity contribution in [2.45, 2.75) is 0 Å². The fourth-order valence-electron chi connectivity index (χ4n) is 1.17. The molecule has 0 bridgehead atoms. The summed E-state index contributed by atoms with van der Waals surface area (Å²) in [6.45, 7) is 0. The number of rotatable bonds is 0. The number of hydrogen-bond acceptors (Lipinski definition) is 1. The van der Waals surface area contributed by atoms with E-state index in [0.717, 1.165) is 12.1 Å². The maximum Gasteiger partial charge on any atom is 0.262 e. The first-order chi connectivity index (χ1) is 6.58. The minimum Gasteiger partial charge on any atom is -0.321 e. The molecule has 72 valence electrons. The highest BCUT2D eigenvalue weighted by Crippen LogP contribution is 2.17. The molecule has 2 nitrogen and oxygen atoms in total. The van der Waals surface area contributed by atoms with Crippen LogP contribution in [0.15, 0.2) is 27.5 Å². The van der Waals surface area contributed by atoms with Crippen molar-refractivity contribution in [3.05, 3.63) is 44.7 Å². The molecule has 2 rings (SSSR count). The molecule has 0 saturated heterocycles. The lowest BCUT2D eigenvalue weighted by atomic mass is 10.2. The van der Waals surface area contributed by atoms with E-state index in [2.05, 4.69) is 20.9 Å². The van der Waals surface area contributed by atoms with Crippen molar-refractivity contribution in [2.75, 3.05) is 0 Å². The second kappa shape index (κ2) is 3.16. The van der Waals surface area contributed by atoms with Gasteiger partial charge in [-0.15, -0.1) is 0 Å². The molecular weight excluding hydrogens is 256 g/mol. The van der Waals surface area contributed by atoms with Gasteiger partial charge in [0.1, 0.15) is 0 Å². The van der Waals surface area contributed by atoms with Crippen LogP contribution >= 0.6 is 15.9 Å². The number of halogens is 3. The summed E-state index contributed by atoms with van der Waals surface area (Å²) in [5, 5.41) is 0.440. The Morgan fingerprint density at radius 1 is 1.14 bits per heavy atom. The Morgan fingerprint density at radius 3 is 2.50 bits per heavy atom. The van der Waals surface area contributed by atoms with Gasteiger partial charge in [0.15, 0.2) is 11.6 Å². The monoisotopic (exact) mass is 259 g/mol. The molecule has 0 aliphatic rings. The number of hydrogen-bond donors (Lipinski definition) is 1. The standard InChI is InChI=1S/C9H4BrF2NO/c10-5-1-4-2-6(11)7(12)3-8(4)13-9(5)14/h1-3H,(H,13,14). The number of aromatic amines is 1. The minimum atomic E-state index is -0.976. The van der Waals surface area contributed by atoms with Gasteiger partial charge in [-0.2, -0.15) is 0 Å². The van der Waals surface area contributed by atoms with Crippen LogP contribution < -0.4 is 5.56 Å². The van der Waals surface area contributed by atoms with Gasteiger partial charge in [-0.1, -0.05) is 0 Å². The van der Waals surface area contributed by atoms with E-state index in [1.807, 2.05) is 0 Å². The van der Waals surface area contributed by atoms with E-state index in [-0.39, 0.29) is 15.5 Å². The molecule has 0 unspecified atom stereocenters. The Morgan fingerprint density at radius 2 is 1.79 bits per heavy atom. The van der Waals surface area contributed by atoms with Gasteiger partial charge < -0.3 is 4.98 Å². The van der Waals surface area contributed by atoms with Crippen LogP contribution in [0.2, 0.25) is 0 Å². The number of pyridine rings is 1. The van der Waals surface area contributed by atoms with Gasteiger partial charge >= 0.3 is 0 Å². The van der Waals surface area contributed by atoms with Crippen molar-refractivity contribution >= 4 is 26.8 Å². The second-order valence-electron chi connectivity index (χ2n) is 2.80. The molecule has 1 aromatic carbocycles. The summed E-state index contributed by atoms with van der Waals surface area (Å²) >= 11 is 3.00. The van der Waals surface area contributed by atoms with Gasteiger partial charge in [0.2, 0.25) is 0 Å². The summed E-state index contributed by atoms with van der Waals surface area (Å²) in [5.74, 6) is -1.91. The number of aromatic nitrogens is 1. The maximum absolute atomic E-state index is 12.8. The molecule has 1 heterocycles. The lowest BCUT2D eigenvalue weighted by molar-refractivity contribution is 0.510. The topological polar surface area (TPSA) is 32.9 Å². The van der Waals surface area contributed by atoms with E-state index in [1.54, 1.807) is 0 Å². The first-order valence-electron chi connectivity index (χ1n) is 3.75. The second-order valence-corrected chi connectivity index (χ2v) is 3.65. The van der Waals surface area contributed by atoms with Gasteiger partial charge in [0, 0.05) is 11.5 Å². The minimum absolute atomic E-state index is 0.275. The van der Waals surface area contributed by atoms with Crippen LogP contribution in [0.4, 0.5) is 8.78 Å². The quantitative estimate of drug-likeness (QED) is 0.775. The van der Waals surface area contributed by atoms with Crippen molar-refractivity contribution < 1.29 is 8.78 Å². The molecule has 0 radical (unpaired) electrons. The maximum atomic E-state index is 12.8. The van der Waals surface area contributed by atoms with E-state index < -0.39 is 11.6 Å². The van der Waals surface area contributed by atoms with Crippen LogP contribution in [0, 0.1) is 11.6 Å². The summed E-state index contributed by atoms with van der Waals surface area (Å²) in [6.07, 6.45) is 0. The van der Waals surface area contributed by atoms with E-state index in [4.69, 9.17) is 0 Å². The molecule has 5 heteroatoms. The Hall–Kier alpha value is -1.23. The van der Waals surface area contributed by atoms with Crippen molar-refractivity contribution in [1.29, 1.82) is 0 Å². The van der Waals surface area contributed by atoms with Crippen molar-refractivity contribution in [1.82, 2.24) is 4.98 Å². The molecule has 14 heavy (non-hydrogen) atoms. The van der Waals surface area contributed by atoms with Crippen LogP contribution in [0.1, 0.15) is 0 Å². The molecule has 1 aromatic heterocycles. The number of nitrogens with one attached hydrogen (secondary N) is 1.